The molecule has 0 aromatic carbocycles. The summed E-state index contributed by atoms with van der Waals surface area (Å²) in [6, 6.07) is 0. The summed E-state index contributed by atoms with van der Waals surface area (Å²) in [6.07, 6.45) is -2.66. The van der Waals surface area contributed by atoms with Gasteiger partial charge in [0.15, 0.2) is 0 Å². The van der Waals surface area contributed by atoms with E-state index in [2.05, 4.69) is 4.74 Å². The Labute approximate surface area is 85.3 Å². The number of aliphatic hydroxyl groups is 2. The van der Waals surface area contributed by atoms with Crippen molar-refractivity contribution >= 4 is 17.7 Å². The first-order valence-electron chi connectivity index (χ1n) is 4.22. The lowest BCUT2D eigenvalue weighted by Crippen LogP contribution is -2.25. The number of aliphatic hydroxyl groups excluding tert-OH is 2. The zero-order valence-corrected chi connectivity index (χ0v) is 7.88. The molecule has 0 radical (unpaired) electrons. The minimum absolute atomic E-state index is 0.284. The third-order valence-electron chi connectivity index (χ3n) is 1.41. The highest BCUT2D eigenvalue weighted by molar-refractivity contribution is 6.33. The standard InChI is InChI=1S/C8H12O7/c9-4-3-5(10)8(14)15-7(13)2-1-6(11)12/h7,9,13H,1-4H2,(H,11,12). The number of carbonyl (C=O) groups is 3. The Kier molecular flexibility index (Phi) is 6.23. The van der Waals surface area contributed by atoms with E-state index in [0.717, 1.165) is 0 Å². The topological polar surface area (TPSA) is 121 Å². The first-order chi connectivity index (χ1) is 6.97. The maximum atomic E-state index is 10.8. The van der Waals surface area contributed by atoms with Gasteiger partial charge in [0.1, 0.15) is 0 Å². The lowest BCUT2D eigenvalue weighted by Gasteiger charge is -2.09. The second kappa shape index (κ2) is 6.91. The molecular weight excluding hydrogens is 208 g/mol. The molecule has 0 bridgehead atoms. The van der Waals surface area contributed by atoms with E-state index < -0.39 is 30.6 Å². The lowest BCUT2D eigenvalue weighted by atomic mass is 10.3. The van der Waals surface area contributed by atoms with Gasteiger partial charge in [0.25, 0.3) is 0 Å². The number of carbonyl (C=O) groups excluding carboxylic acids is 2. The molecule has 0 amide bonds. The van der Waals surface area contributed by atoms with Crippen molar-refractivity contribution in [2.24, 2.45) is 0 Å². The van der Waals surface area contributed by atoms with E-state index in [4.69, 9.17) is 15.3 Å². The van der Waals surface area contributed by atoms with Crippen LogP contribution in [-0.4, -0.2) is 45.9 Å². The van der Waals surface area contributed by atoms with Gasteiger partial charge in [-0.1, -0.05) is 0 Å². The SMILES string of the molecule is O=C(O)CCC(O)OC(=O)C(=O)CCO. The van der Waals surface area contributed by atoms with Crippen molar-refractivity contribution in [1.29, 1.82) is 0 Å². The van der Waals surface area contributed by atoms with Crippen molar-refractivity contribution in [3.05, 3.63) is 0 Å². The summed E-state index contributed by atoms with van der Waals surface area (Å²) in [5.74, 6) is -3.39. The van der Waals surface area contributed by atoms with Crippen LogP contribution in [0, 0.1) is 0 Å². The number of hydrogen-bond donors (Lipinski definition) is 3. The Balaban J connectivity index is 3.85. The van der Waals surface area contributed by atoms with E-state index in [9.17, 15) is 14.4 Å². The normalized spacial score (nSPS) is 11.9. The van der Waals surface area contributed by atoms with Crippen LogP contribution in [0.25, 0.3) is 0 Å². The van der Waals surface area contributed by atoms with Gasteiger partial charge in [0, 0.05) is 12.8 Å². The predicted molar refractivity (Wildman–Crippen MR) is 45.7 cm³/mol. The van der Waals surface area contributed by atoms with Gasteiger partial charge >= 0.3 is 11.9 Å². The van der Waals surface area contributed by atoms with Crippen LogP contribution in [0.5, 0.6) is 0 Å². The molecule has 0 aromatic rings. The Hall–Kier alpha value is -1.47. The maximum Gasteiger partial charge on any atom is 0.376 e. The smallest absolute Gasteiger partial charge is 0.376 e. The van der Waals surface area contributed by atoms with Crippen molar-refractivity contribution in [2.75, 3.05) is 6.61 Å². The van der Waals surface area contributed by atoms with E-state index in [1.54, 1.807) is 0 Å². The molecule has 0 aromatic heterocycles. The molecule has 1 atom stereocenters. The van der Waals surface area contributed by atoms with Gasteiger partial charge in [-0.25, -0.2) is 4.79 Å². The highest BCUT2D eigenvalue weighted by Gasteiger charge is 2.19. The Morgan fingerprint density at radius 3 is 2.27 bits per heavy atom. The van der Waals surface area contributed by atoms with Crippen molar-refractivity contribution < 1.29 is 34.4 Å². The molecule has 0 saturated heterocycles. The Morgan fingerprint density at radius 1 is 1.20 bits per heavy atom. The molecular formula is C8H12O7. The van der Waals surface area contributed by atoms with Gasteiger partial charge in [0.05, 0.1) is 13.0 Å². The molecule has 7 heteroatoms. The summed E-state index contributed by atoms with van der Waals surface area (Å²) in [7, 11) is 0. The molecule has 0 saturated carbocycles. The minimum Gasteiger partial charge on any atom is -0.481 e. The third kappa shape index (κ3) is 6.58. The number of hydrogen-bond acceptors (Lipinski definition) is 6. The first kappa shape index (κ1) is 13.5. The molecule has 0 aliphatic carbocycles. The number of esters is 1. The fourth-order valence-corrected chi connectivity index (χ4v) is 0.699. The third-order valence-corrected chi connectivity index (χ3v) is 1.41. The van der Waals surface area contributed by atoms with Crippen LogP contribution in [0.15, 0.2) is 0 Å². The van der Waals surface area contributed by atoms with Crippen LogP contribution in [0.1, 0.15) is 19.3 Å². The van der Waals surface area contributed by atoms with Crippen LogP contribution >= 0.6 is 0 Å². The molecule has 0 heterocycles. The summed E-state index contributed by atoms with van der Waals surface area (Å²) >= 11 is 0. The zero-order valence-electron chi connectivity index (χ0n) is 7.88. The molecule has 7 nitrogen and oxygen atoms in total. The summed E-state index contributed by atoms with van der Waals surface area (Å²) in [5.41, 5.74) is 0. The average Bonchev–Trinajstić information content (AvgIpc) is 2.15. The minimum atomic E-state index is -1.61. The molecule has 1 unspecified atom stereocenters. The monoisotopic (exact) mass is 220 g/mol. The first-order valence-corrected chi connectivity index (χ1v) is 4.22. The molecule has 0 aliphatic heterocycles. The van der Waals surface area contributed by atoms with E-state index in [0.29, 0.717) is 0 Å². The largest absolute Gasteiger partial charge is 0.481 e. The second-order valence-corrected chi connectivity index (χ2v) is 2.69. The fourth-order valence-electron chi connectivity index (χ4n) is 0.699. The van der Waals surface area contributed by atoms with Crippen LogP contribution in [0.3, 0.4) is 0 Å². The Morgan fingerprint density at radius 2 is 1.80 bits per heavy atom. The maximum absolute atomic E-state index is 10.8. The van der Waals surface area contributed by atoms with Crippen molar-refractivity contribution in [3.8, 4) is 0 Å². The van der Waals surface area contributed by atoms with Gasteiger partial charge < -0.3 is 20.1 Å². The highest BCUT2D eigenvalue weighted by Crippen LogP contribution is 2.00. The number of carboxylic acids is 1. The average molecular weight is 220 g/mol. The van der Waals surface area contributed by atoms with E-state index in [1.807, 2.05) is 0 Å². The quantitative estimate of drug-likeness (QED) is 0.276. The molecule has 3 N–H and O–H groups in total. The number of ether oxygens (including phenoxy) is 1. The molecule has 15 heavy (non-hydrogen) atoms. The Bertz CT molecular complexity index is 247. The van der Waals surface area contributed by atoms with Crippen molar-refractivity contribution in [2.45, 2.75) is 25.6 Å². The van der Waals surface area contributed by atoms with Gasteiger partial charge in [-0.15, -0.1) is 0 Å². The second-order valence-electron chi connectivity index (χ2n) is 2.69. The molecule has 0 spiro atoms. The summed E-state index contributed by atoms with van der Waals surface area (Å²) in [5, 5.41) is 25.5. The lowest BCUT2D eigenvalue weighted by molar-refractivity contribution is -0.174. The van der Waals surface area contributed by atoms with E-state index in [1.165, 1.54) is 0 Å². The van der Waals surface area contributed by atoms with Crippen LogP contribution in [-0.2, 0) is 19.1 Å². The van der Waals surface area contributed by atoms with Crippen molar-refractivity contribution in [3.63, 3.8) is 0 Å². The van der Waals surface area contributed by atoms with Gasteiger partial charge in [0.2, 0.25) is 12.1 Å². The van der Waals surface area contributed by atoms with Crippen LogP contribution in [0.2, 0.25) is 0 Å². The molecule has 86 valence electrons. The number of Topliss-reactive ketones (excluding diaryl/α,β-unsaturated/α-hetero) is 1. The number of rotatable bonds is 7. The van der Waals surface area contributed by atoms with Gasteiger partial charge in [-0.05, 0) is 0 Å². The number of carboxylic acid groups (broad SMARTS) is 1. The summed E-state index contributed by atoms with van der Waals surface area (Å²) in [4.78, 5) is 31.6. The molecule has 0 aliphatic rings. The fraction of sp³-hybridized carbons (Fsp3) is 0.625. The van der Waals surface area contributed by atoms with Gasteiger partial charge in [-0.3, -0.25) is 9.59 Å². The molecule has 0 fully saturated rings. The number of aliphatic carboxylic acids is 1. The predicted octanol–water partition coefficient (Wildman–Crippen LogP) is -1.34. The van der Waals surface area contributed by atoms with Crippen molar-refractivity contribution in [1.82, 2.24) is 0 Å². The van der Waals surface area contributed by atoms with Gasteiger partial charge in [-0.2, -0.15) is 0 Å². The van der Waals surface area contributed by atoms with Crippen LogP contribution < -0.4 is 0 Å². The summed E-state index contributed by atoms with van der Waals surface area (Å²) in [6.45, 7) is -0.487. The van der Waals surface area contributed by atoms with E-state index >= 15 is 0 Å². The van der Waals surface area contributed by atoms with Crippen LogP contribution in [0.4, 0.5) is 0 Å². The van der Waals surface area contributed by atoms with E-state index in [-0.39, 0.29) is 19.3 Å². The molecule has 0 rings (SSSR count). The summed E-state index contributed by atoms with van der Waals surface area (Å²) < 4.78 is 4.21. The highest BCUT2D eigenvalue weighted by atomic mass is 16.6. The zero-order chi connectivity index (χ0) is 11.8. The number of ketones is 1.